The van der Waals surface area contributed by atoms with Crippen LogP contribution in [0.2, 0.25) is 0 Å². The smallest absolute Gasteiger partial charge is 0.124 e. The number of aliphatic hydroxyl groups is 1. The number of hydrogen-bond donors (Lipinski definition) is 3. The van der Waals surface area contributed by atoms with Gasteiger partial charge in [0.15, 0.2) is 0 Å². The minimum atomic E-state index is -0.515. The van der Waals surface area contributed by atoms with Gasteiger partial charge in [-0.1, -0.05) is 13.0 Å². The first-order valence-electron chi connectivity index (χ1n) is 4.20. The topological polar surface area (TPSA) is 64.3 Å². The van der Waals surface area contributed by atoms with Crippen molar-refractivity contribution in [3.05, 3.63) is 29.3 Å². The van der Waals surface area contributed by atoms with Crippen LogP contribution in [0.15, 0.2) is 18.2 Å². The summed E-state index contributed by atoms with van der Waals surface area (Å²) in [5.41, 5.74) is 1.17. The molecule has 0 aliphatic heterocycles. The van der Waals surface area contributed by atoms with E-state index in [0.717, 1.165) is 11.8 Å². The Bertz CT molecular complexity index is 310. The van der Waals surface area contributed by atoms with Crippen LogP contribution in [-0.4, -0.2) is 16.4 Å². The van der Waals surface area contributed by atoms with Crippen LogP contribution in [0.25, 0.3) is 0 Å². The Hall–Kier alpha value is -1.35. The van der Waals surface area contributed by atoms with Crippen molar-refractivity contribution >= 4 is 6.21 Å². The molecule has 3 N–H and O–H groups in total. The fraction of sp³-hybridized carbons (Fsp3) is 0.300. The Labute approximate surface area is 77.2 Å². The molecular weight excluding hydrogens is 166 g/mol. The van der Waals surface area contributed by atoms with E-state index in [1.54, 1.807) is 12.1 Å². The molecule has 1 atom stereocenters. The van der Waals surface area contributed by atoms with E-state index in [9.17, 15) is 10.2 Å². The van der Waals surface area contributed by atoms with Gasteiger partial charge in [0.1, 0.15) is 5.75 Å². The maximum Gasteiger partial charge on any atom is 0.124 e. The molecule has 0 saturated heterocycles. The molecule has 1 aromatic rings. The van der Waals surface area contributed by atoms with Gasteiger partial charge in [-0.25, -0.2) is 0 Å². The number of rotatable bonds is 3. The summed E-state index contributed by atoms with van der Waals surface area (Å²) in [6.45, 7) is 1.88. The largest absolute Gasteiger partial charge is 0.507 e. The predicted octanol–water partition coefficient (Wildman–Crippen LogP) is 1.83. The molecule has 0 amide bonds. The van der Waals surface area contributed by atoms with Gasteiger partial charge in [-0.3, -0.25) is 0 Å². The van der Waals surface area contributed by atoms with Gasteiger partial charge >= 0.3 is 0 Å². The van der Waals surface area contributed by atoms with Crippen LogP contribution in [0.3, 0.4) is 0 Å². The molecule has 0 saturated carbocycles. The minimum absolute atomic E-state index is 0.0713. The molecule has 1 rings (SSSR count). The van der Waals surface area contributed by atoms with Crippen molar-refractivity contribution in [3.8, 4) is 5.75 Å². The number of phenolic OH excluding ortho intramolecular Hbond substituents is 1. The monoisotopic (exact) mass is 179 g/mol. The number of aromatic hydroxyl groups is 1. The number of nitrogens with one attached hydrogen (secondary N) is 1. The van der Waals surface area contributed by atoms with Crippen molar-refractivity contribution in [2.24, 2.45) is 0 Å². The van der Waals surface area contributed by atoms with Crippen LogP contribution in [0.4, 0.5) is 0 Å². The van der Waals surface area contributed by atoms with Crippen molar-refractivity contribution in [2.45, 2.75) is 19.4 Å². The molecule has 1 aromatic carbocycles. The Balaban J connectivity index is 3.05. The summed E-state index contributed by atoms with van der Waals surface area (Å²) in [7, 11) is 0. The Kier molecular flexibility index (Phi) is 3.03. The van der Waals surface area contributed by atoms with Crippen molar-refractivity contribution in [3.63, 3.8) is 0 Å². The van der Waals surface area contributed by atoms with E-state index >= 15 is 0 Å². The molecule has 0 aliphatic carbocycles. The molecular formula is C10H13NO2. The van der Waals surface area contributed by atoms with Crippen molar-refractivity contribution < 1.29 is 10.2 Å². The fourth-order valence-corrected chi connectivity index (χ4v) is 1.13. The molecule has 0 aromatic heterocycles. The lowest BCUT2D eigenvalue weighted by Crippen LogP contribution is -1.96. The van der Waals surface area contributed by atoms with E-state index in [2.05, 4.69) is 0 Å². The third-order valence-corrected chi connectivity index (χ3v) is 1.98. The maximum atomic E-state index is 9.48. The summed E-state index contributed by atoms with van der Waals surface area (Å²) < 4.78 is 0. The highest BCUT2D eigenvalue weighted by Gasteiger charge is 2.06. The van der Waals surface area contributed by atoms with Crippen LogP contribution < -0.4 is 0 Å². The SMILES string of the molecule is CCC(O)c1ccc(O)c(C=N)c1. The van der Waals surface area contributed by atoms with E-state index in [1.165, 1.54) is 6.07 Å². The average molecular weight is 179 g/mol. The predicted molar refractivity (Wildman–Crippen MR) is 51.2 cm³/mol. The molecule has 0 bridgehead atoms. The van der Waals surface area contributed by atoms with Crippen LogP contribution in [0.1, 0.15) is 30.6 Å². The summed E-state index contributed by atoms with van der Waals surface area (Å²) in [5, 5.41) is 25.8. The minimum Gasteiger partial charge on any atom is -0.507 e. The lowest BCUT2D eigenvalue weighted by atomic mass is 10.0. The summed E-state index contributed by atoms with van der Waals surface area (Å²) in [6, 6.07) is 4.78. The third-order valence-electron chi connectivity index (χ3n) is 1.98. The molecule has 13 heavy (non-hydrogen) atoms. The quantitative estimate of drug-likeness (QED) is 0.620. The van der Waals surface area contributed by atoms with Crippen molar-refractivity contribution in [1.82, 2.24) is 0 Å². The average Bonchev–Trinajstić information content (AvgIpc) is 2.17. The first kappa shape index (κ1) is 9.74. The fourth-order valence-electron chi connectivity index (χ4n) is 1.13. The zero-order valence-electron chi connectivity index (χ0n) is 7.49. The lowest BCUT2D eigenvalue weighted by Gasteiger charge is -2.09. The highest BCUT2D eigenvalue weighted by molar-refractivity contribution is 5.81. The molecule has 70 valence electrons. The second-order valence-electron chi connectivity index (χ2n) is 2.89. The van der Waals surface area contributed by atoms with Crippen molar-refractivity contribution in [2.75, 3.05) is 0 Å². The maximum absolute atomic E-state index is 9.48. The first-order valence-corrected chi connectivity index (χ1v) is 4.20. The van der Waals surface area contributed by atoms with E-state index < -0.39 is 6.10 Å². The van der Waals surface area contributed by atoms with Gasteiger partial charge in [-0.2, -0.15) is 0 Å². The number of benzene rings is 1. The van der Waals surface area contributed by atoms with E-state index in [1.807, 2.05) is 6.92 Å². The summed E-state index contributed by atoms with van der Waals surface area (Å²) in [4.78, 5) is 0. The van der Waals surface area contributed by atoms with Gasteiger partial charge in [0.05, 0.1) is 6.10 Å². The number of phenols is 1. The van der Waals surface area contributed by atoms with E-state index in [0.29, 0.717) is 12.0 Å². The lowest BCUT2D eigenvalue weighted by molar-refractivity contribution is 0.173. The molecule has 0 spiro atoms. The van der Waals surface area contributed by atoms with Gasteiger partial charge in [0.2, 0.25) is 0 Å². The highest BCUT2D eigenvalue weighted by Crippen LogP contribution is 2.22. The summed E-state index contributed by atoms with van der Waals surface area (Å²) >= 11 is 0. The third kappa shape index (κ3) is 2.06. The highest BCUT2D eigenvalue weighted by atomic mass is 16.3. The Morgan fingerprint density at radius 1 is 1.54 bits per heavy atom. The molecule has 0 heterocycles. The molecule has 3 nitrogen and oxygen atoms in total. The van der Waals surface area contributed by atoms with Gasteiger partial charge in [0.25, 0.3) is 0 Å². The van der Waals surface area contributed by atoms with Gasteiger partial charge < -0.3 is 15.6 Å². The molecule has 0 fully saturated rings. The van der Waals surface area contributed by atoms with E-state index in [4.69, 9.17) is 5.41 Å². The number of aliphatic hydroxyl groups excluding tert-OH is 1. The summed E-state index contributed by atoms with van der Waals surface area (Å²) in [5.74, 6) is 0.0713. The van der Waals surface area contributed by atoms with E-state index in [-0.39, 0.29) is 5.75 Å². The summed E-state index contributed by atoms with van der Waals surface area (Å²) in [6.07, 6.45) is 1.18. The molecule has 3 heteroatoms. The van der Waals surface area contributed by atoms with Crippen LogP contribution >= 0.6 is 0 Å². The van der Waals surface area contributed by atoms with Crippen LogP contribution in [0, 0.1) is 5.41 Å². The van der Waals surface area contributed by atoms with Gasteiger partial charge in [-0.05, 0) is 24.1 Å². The number of hydrogen-bond acceptors (Lipinski definition) is 3. The second kappa shape index (κ2) is 4.05. The van der Waals surface area contributed by atoms with Crippen molar-refractivity contribution in [1.29, 1.82) is 5.41 Å². The molecule has 0 aliphatic rings. The van der Waals surface area contributed by atoms with Crippen LogP contribution in [0.5, 0.6) is 5.75 Å². The van der Waals surface area contributed by atoms with Gasteiger partial charge in [-0.15, -0.1) is 0 Å². The zero-order chi connectivity index (χ0) is 9.84. The molecule has 0 radical (unpaired) electrons. The zero-order valence-corrected chi connectivity index (χ0v) is 7.49. The second-order valence-corrected chi connectivity index (χ2v) is 2.89. The first-order chi connectivity index (χ1) is 6.19. The standard InChI is InChI=1S/C10H13NO2/c1-2-9(12)7-3-4-10(13)8(5-7)6-11/h3-6,9,11-13H,2H2,1H3. The molecule has 1 unspecified atom stereocenters. The Morgan fingerprint density at radius 3 is 2.77 bits per heavy atom. The van der Waals surface area contributed by atoms with Crippen LogP contribution in [-0.2, 0) is 0 Å². The van der Waals surface area contributed by atoms with Gasteiger partial charge in [0, 0.05) is 11.8 Å². The normalized spacial score (nSPS) is 12.5. The Morgan fingerprint density at radius 2 is 2.23 bits per heavy atom.